The van der Waals surface area contributed by atoms with Crippen molar-refractivity contribution in [1.29, 1.82) is 0 Å². The van der Waals surface area contributed by atoms with Crippen LogP contribution in [0.3, 0.4) is 0 Å². The first-order valence-corrected chi connectivity index (χ1v) is 8.20. The molecule has 2 aromatic rings. The van der Waals surface area contributed by atoms with Crippen LogP contribution < -0.4 is 15.8 Å². The first-order chi connectivity index (χ1) is 10.1. The third-order valence-corrected chi connectivity index (χ3v) is 4.73. The third kappa shape index (κ3) is 5.28. The molecule has 1 heterocycles. The van der Waals surface area contributed by atoms with Crippen LogP contribution in [0.2, 0.25) is 0 Å². The fraction of sp³-hybridized carbons (Fsp3) is 0.267. The average Bonchev–Trinajstić information content (AvgIpc) is 2.92. The second kappa shape index (κ2) is 9.15. The van der Waals surface area contributed by atoms with E-state index in [-0.39, 0.29) is 24.2 Å². The Morgan fingerprint density at radius 2 is 2.00 bits per heavy atom. The van der Waals surface area contributed by atoms with Crippen LogP contribution in [0.4, 0.5) is 5.69 Å². The maximum absolute atomic E-state index is 12.2. The van der Waals surface area contributed by atoms with Gasteiger partial charge < -0.3 is 15.8 Å². The van der Waals surface area contributed by atoms with Crippen molar-refractivity contribution in [1.82, 2.24) is 0 Å². The van der Waals surface area contributed by atoms with Crippen molar-refractivity contribution in [3.8, 4) is 5.75 Å². The number of nitrogens with one attached hydrogen (secondary N) is 1. The van der Waals surface area contributed by atoms with E-state index in [1.54, 1.807) is 11.3 Å². The number of anilines is 1. The van der Waals surface area contributed by atoms with E-state index in [2.05, 4.69) is 21.2 Å². The van der Waals surface area contributed by atoms with E-state index in [1.807, 2.05) is 43.3 Å². The fourth-order valence-corrected chi connectivity index (χ4v) is 3.23. The number of hydrogen-bond donors (Lipinski definition) is 2. The normalized spacial score (nSPS) is 11.4. The van der Waals surface area contributed by atoms with Gasteiger partial charge in [-0.3, -0.25) is 4.79 Å². The Kier molecular flexibility index (Phi) is 7.89. The highest BCUT2D eigenvalue weighted by Crippen LogP contribution is 2.29. The molecule has 0 aliphatic rings. The van der Waals surface area contributed by atoms with Crippen molar-refractivity contribution in [2.75, 3.05) is 18.5 Å². The second-order valence-electron chi connectivity index (χ2n) is 4.51. The Morgan fingerprint density at radius 3 is 2.55 bits per heavy atom. The molecule has 4 nitrogen and oxygen atoms in total. The van der Waals surface area contributed by atoms with Crippen LogP contribution in [0.25, 0.3) is 0 Å². The molecule has 1 aromatic carbocycles. The molecule has 120 valence electrons. The lowest BCUT2D eigenvalue weighted by molar-refractivity contribution is -0.117. The summed E-state index contributed by atoms with van der Waals surface area (Å²) in [5.41, 5.74) is 6.13. The molecule has 0 aliphatic heterocycles. The molecule has 0 fully saturated rings. The second-order valence-corrected chi connectivity index (χ2v) is 7.01. The first-order valence-electron chi connectivity index (χ1n) is 6.59. The molecule has 0 bridgehead atoms. The molecule has 1 unspecified atom stereocenters. The highest BCUT2D eigenvalue weighted by atomic mass is 79.9. The number of hydrogen-bond acceptors (Lipinski definition) is 4. The van der Waals surface area contributed by atoms with Crippen molar-refractivity contribution in [3.05, 3.63) is 45.1 Å². The molecule has 22 heavy (non-hydrogen) atoms. The predicted octanol–water partition coefficient (Wildman–Crippen LogP) is 4.01. The molecular weight excluding hydrogens is 388 g/mol. The van der Waals surface area contributed by atoms with E-state index in [4.69, 9.17) is 10.5 Å². The Bertz CT molecular complexity index is 604. The van der Waals surface area contributed by atoms with Gasteiger partial charge in [-0.25, -0.2) is 0 Å². The van der Waals surface area contributed by atoms with Crippen LogP contribution in [0.15, 0.2) is 40.2 Å². The zero-order valence-corrected chi connectivity index (χ0v) is 15.3. The van der Waals surface area contributed by atoms with Crippen LogP contribution in [-0.2, 0) is 4.79 Å². The number of ether oxygens (including phenoxy) is 1. The average molecular weight is 406 g/mol. The largest absolute Gasteiger partial charge is 0.492 e. The van der Waals surface area contributed by atoms with E-state index >= 15 is 0 Å². The summed E-state index contributed by atoms with van der Waals surface area (Å²) in [6.07, 6.45) is 0. The lowest BCUT2D eigenvalue weighted by Gasteiger charge is -2.11. The van der Waals surface area contributed by atoms with Gasteiger partial charge in [0.05, 0.1) is 9.70 Å². The van der Waals surface area contributed by atoms with Crippen LogP contribution in [0.1, 0.15) is 17.7 Å². The minimum atomic E-state index is -0.186. The van der Waals surface area contributed by atoms with Gasteiger partial charge in [0.15, 0.2) is 0 Å². The standard InChI is InChI=1S/C15H17BrN2O2S.ClH/c1-10(13-6-7-14(16)21-13)15(19)18-11-2-4-12(5-3-11)20-9-8-17;/h2-7,10H,8-9,17H2,1H3,(H,18,19);1H. The van der Waals surface area contributed by atoms with Gasteiger partial charge in [-0.05, 0) is 59.3 Å². The Hall–Kier alpha value is -1.08. The van der Waals surface area contributed by atoms with Gasteiger partial charge in [0.1, 0.15) is 12.4 Å². The maximum atomic E-state index is 12.2. The Balaban J connectivity index is 0.00000242. The summed E-state index contributed by atoms with van der Waals surface area (Å²) < 4.78 is 6.42. The highest BCUT2D eigenvalue weighted by molar-refractivity contribution is 9.11. The van der Waals surface area contributed by atoms with E-state index in [9.17, 15) is 4.79 Å². The molecule has 3 N–H and O–H groups in total. The Morgan fingerprint density at radius 1 is 1.32 bits per heavy atom. The van der Waals surface area contributed by atoms with Gasteiger partial charge in [0, 0.05) is 17.1 Å². The van der Waals surface area contributed by atoms with Crippen LogP contribution >= 0.6 is 39.7 Å². The molecule has 1 aromatic heterocycles. The smallest absolute Gasteiger partial charge is 0.232 e. The van der Waals surface area contributed by atoms with Crippen molar-refractivity contribution in [2.45, 2.75) is 12.8 Å². The summed E-state index contributed by atoms with van der Waals surface area (Å²) >= 11 is 4.98. The molecule has 1 amide bonds. The number of thiophene rings is 1. The summed E-state index contributed by atoms with van der Waals surface area (Å²) in [5.74, 6) is 0.531. The number of carbonyl (C=O) groups excluding carboxylic acids is 1. The molecule has 0 aliphatic carbocycles. The Labute approximate surface area is 148 Å². The quantitative estimate of drug-likeness (QED) is 0.763. The zero-order chi connectivity index (χ0) is 15.2. The van der Waals surface area contributed by atoms with Gasteiger partial charge in [0.2, 0.25) is 5.91 Å². The van der Waals surface area contributed by atoms with Gasteiger partial charge in [-0.1, -0.05) is 0 Å². The number of amides is 1. The monoisotopic (exact) mass is 404 g/mol. The number of benzene rings is 1. The molecule has 0 spiro atoms. The third-order valence-electron chi connectivity index (χ3n) is 2.92. The molecule has 0 saturated carbocycles. The first kappa shape index (κ1) is 19.0. The summed E-state index contributed by atoms with van der Waals surface area (Å²) in [7, 11) is 0. The molecule has 0 saturated heterocycles. The SMILES string of the molecule is CC(C(=O)Nc1ccc(OCCN)cc1)c1ccc(Br)s1.Cl. The fourth-order valence-electron chi connectivity index (χ4n) is 1.75. The van der Waals surface area contributed by atoms with Crippen molar-refractivity contribution < 1.29 is 9.53 Å². The van der Waals surface area contributed by atoms with Gasteiger partial charge in [-0.15, -0.1) is 23.7 Å². The van der Waals surface area contributed by atoms with E-state index < -0.39 is 0 Å². The number of nitrogens with two attached hydrogens (primary N) is 1. The van der Waals surface area contributed by atoms with Crippen molar-refractivity contribution in [3.63, 3.8) is 0 Å². The summed E-state index contributed by atoms with van der Waals surface area (Å²) in [5, 5.41) is 2.90. The summed E-state index contributed by atoms with van der Waals surface area (Å²) in [6.45, 7) is 2.86. The minimum Gasteiger partial charge on any atom is -0.492 e. The topological polar surface area (TPSA) is 64.3 Å². The molecule has 0 radical (unpaired) electrons. The molecule has 7 heteroatoms. The molecular formula is C15H18BrClN2O2S. The van der Waals surface area contributed by atoms with Crippen molar-refractivity contribution in [2.24, 2.45) is 5.73 Å². The zero-order valence-electron chi connectivity index (χ0n) is 12.0. The molecule has 2 rings (SSSR count). The highest BCUT2D eigenvalue weighted by Gasteiger charge is 2.17. The van der Waals surface area contributed by atoms with Crippen molar-refractivity contribution >= 4 is 51.3 Å². The van der Waals surface area contributed by atoms with Gasteiger partial charge in [0.25, 0.3) is 0 Å². The number of halogens is 2. The summed E-state index contributed by atoms with van der Waals surface area (Å²) in [4.78, 5) is 13.2. The minimum absolute atomic E-state index is 0. The number of rotatable bonds is 6. The lowest BCUT2D eigenvalue weighted by atomic mass is 10.1. The van der Waals surface area contributed by atoms with Crippen LogP contribution in [-0.4, -0.2) is 19.1 Å². The maximum Gasteiger partial charge on any atom is 0.232 e. The van der Waals surface area contributed by atoms with Gasteiger partial charge >= 0.3 is 0 Å². The van der Waals surface area contributed by atoms with E-state index in [1.165, 1.54) is 0 Å². The number of carbonyl (C=O) groups is 1. The van der Waals surface area contributed by atoms with E-state index in [0.29, 0.717) is 13.2 Å². The van der Waals surface area contributed by atoms with Crippen LogP contribution in [0.5, 0.6) is 5.75 Å². The molecule has 1 atom stereocenters. The lowest BCUT2D eigenvalue weighted by Crippen LogP contribution is -2.18. The van der Waals surface area contributed by atoms with E-state index in [0.717, 1.165) is 20.1 Å². The predicted molar refractivity (Wildman–Crippen MR) is 97.3 cm³/mol. The summed E-state index contributed by atoms with van der Waals surface area (Å²) in [6, 6.07) is 11.2. The van der Waals surface area contributed by atoms with Crippen LogP contribution in [0, 0.1) is 0 Å². The van der Waals surface area contributed by atoms with Gasteiger partial charge in [-0.2, -0.15) is 0 Å².